The summed E-state index contributed by atoms with van der Waals surface area (Å²) in [5.41, 5.74) is 1.95. The number of anilines is 1. The molecule has 0 saturated carbocycles. The van der Waals surface area contributed by atoms with Crippen molar-refractivity contribution in [1.29, 1.82) is 0 Å². The molecule has 0 radical (unpaired) electrons. The van der Waals surface area contributed by atoms with Crippen LogP contribution in [0, 0.1) is 11.7 Å². The number of hydrogen-bond donors (Lipinski definition) is 2. The number of amides is 3. The molecule has 3 amide bonds. The Bertz CT molecular complexity index is 1050. The Morgan fingerprint density at radius 1 is 1.16 bits per heavy atom. The van der Waals surface area contributed by atoms with Crippen molar-refractivity contribution in [2.24, 2.45) is 5.92 Å². The summed E-state index contributed by atoms with van der Waals surface area (Å²) in [5, 5.41) is 12.1. The van der Waals surface area contributed by atoms with Crippen molar-refractivity contribution in [1.82, 2.24) is 10.2 Å². The lowest BCUT2D eigenvalue weighted by molar-refractivity contribution is -0.126. The molecule has 2 heterocycles. The van der Waals surface area contributed by atoms with E-state index in [9.17, 15) is 23.9 Å². The molecule has 2 aliphatic heterocycles. The number of fused-ring (bicyclic) bond motifs is 1. The predicted octanol–water partition coefficient (Wildman–Crippen LogP) is 2.34. The summed E-state index contributed by atoms with van der Waals surface area (Å²) in [4.78, 5) is 41.6. The SMILES string of the molecule is CC(O)CNC(=O)C1CCN(c2cccc3c2C(=O)N(Cc2cccc(F)c2)C3=O)CC1. The summed E-state index contributed by atoms with van der Waals surface area (Å²) < 4.78 is 13.5. The van der Waals surface area contributed by atoms with Gasteiger partial charge in [-0.1, -0.05) is 18.2 Å². The third kappa shape index (κ3) is 4.36. The molecule has 2 aliphatic rings. The Hall–Kier alpha value is -3.26. The standard InChI is InChI=1S/C24H26FN3O4/c1-15(29)13-26-22(30)17-8-10-27(11-9-17)20-7-3-6-19-21(20)24(32)28(23(19)31)14-16-4-2-5-18(25)12-16/h2-7,12,15,17,29H,8-11,13-14H2,1H3,(H,26,30). The summed E-state index contributed by atoms with van der Waals surface area (Å²) in [6, 6.07) is 11.1. The lowest BCUT2D eigenvalue weighted by Gasteiger charge is -2.34. The molecule has 1 atom stereocenters. The van der Waals surface area contributed by atoms with E-state index in [0.29, 0.717) is 48.3 Å². The van der Waals surface area contributed by atoms with Crippen LogP contribution in [0.15, 0.2) is 42.5 Å². The van der Waals surface area contributed by atoms with Crippen molar-refractivity contribution in [2.45, 2.75) is 32.4 Å². The van der Waals surface area contributed by atoms with E-state index in [4.69, 9.17) is 0 Å². The highest BCUT2D eigenvalue weighted by Gasteiger charge is 2.39. The smallest absolute Gasteiger partial charge is 0.263 e. The molecule has 2 aromatic carbocycles. The second-order valence-electron chi connectivity index (χ2n) is 8.38. The summed E-state index contributed by atoms with van der Waals surface area (Å²) in [6.07, 6.45) is 0.638. The van der Waals surface area contributed by atoms with Gasteiger partial charge in [-0.15, -0.1) is 0 Å². The summed E-state index contributed by atoms with van der Waals surface area (Å²) in [6.45, 7) is 3.01. The van der Waals surface area contributed by atoms with Gasteiger partial charge in [-0.2, -0.15) is 0 Å². The van der Waals surface area contributed by atoms with Gasteiger partial charge < -0.3 is 15.3 Å². The third-order valence-corrected chi connectivity index (χ3v) is 5.98. The molecular weight excluding hydrogens is 413 g/mol. The van der Waals surface area contributed by atoms with Gasteiger partial charge in [0.25, 0.3) is 11.8 Å². The first-order valence-corrected chi connectivity index (χ1v) is 10.8. The van der Waals surface area contributed by atoms with Crippen LogP contribution in [0.2, 0.25) is 0 Å². The normalized spacial score (nSPS) is 17.5. The van der Waals surface area contributed by atoms with E-state index in [2.05, 4.69) is 5.32 Å². The van der Waals surface area contributed by atoms with Gasteiger partial charge in [0.05, 0.1) is 29.5 Å². The zero-order valence-electron chi connectivity index (χ0n) is 17.9. The van der Waals surface area contributed by atoms with Gasteiger partial charge in [-0.3, -0.25) is 19.3 Å². The number of rotatable bonds is 6. The Labute approximate surface area is 185 Å². The van der Waals surface area contributed by atoms with Crippen molar-refractivity contribution in [3.8, 4) is 0 Å². The van der Waals surface area contributed by atoms with Crippen molar-refractivity contribution in [3.63, 3.8) is 0 Å². The number of nitrogens with one attached hydrogen (secondary N) is 1. The molecule has 2 aromatic rings. The number of nitrogens with zero attached hydrogens (tertiary/aromatic N) is 2. The van der Waals surface area contributed by atoms with Crippen molar-refractivity contribution < 1.29 is 23.9 Å². The zero-order valence-corrected chi connectivity index (χ0v) is 17.9. The van der Waals surface area contributed by atoms with Crippen LogP contribution >= 0.6 is 0 Å². The maximum atomic E-state index is 13.5. The predicted molar refractivity (Wildman–Crippen MR) is 117 cm³/mol. The number of piperidine rings is 1. The van der Waals surface area contributed by atoms with E-state index in [1.165, 1.54) is 12.1 Å². The summed E-state index contributed by atoms with van der Waals surface area (Å²) >= 11 is 0. The average Bonchev–Trinajstić information content (AvgIpc) is 3.02. The molecule has 32 heavy (non-hydrogen) atoms. The highest BCUT2D eigenvalue weighted by atomic mass is 19.1. The van der Waals surface area contributed by atoms with Crippen LogP contribution in [-0.2, 0) is 11.3 Å². The van der Waals surface area contributed by atoms with Gasteiger partial charge >= 0.3 is 0 Å². The maximum absolute atomic E-state index is 13.5. The molecule has 0 spiro atoms. The van der Waals surface area contributed by atoms with Gasteiger partial charge in [0.1, 0.15) is 5.82 Å². The summed E-state index contributed by atoms with van der Waals surface area (Å²) in [5.74, 6) is -1.41. The molecule has 1 fully saturated rings. The van der Waals surface area contributed by atoms with Crippen LogP contribution in [-0.4, -0.2) is 53.5 Å². The van der Waals surface area contributed by atoms with Crippen LogP contribution in [0.5, 0.6) is 0 Å². The topological polar surface area (TPSA) is 89.9 Å². The van der Waals surface area contributed by atoms with Gasteiger partial charge in [0.2, 0.25) is 5.91 Å². The van der Waals surface area contributed by atoms with Crippen LogP contribution in [0.25, 0.3) is 0 Å². The fourth-order valence-corrected chi connectivity index (χ4v) is 4.32. The van der Waals surface area contributed by atoms with Crippen molar-refractivity contribution in [2.75, 3.05) is 24.5 Å². The van der Waals surface area contributed by atoms with Crippen LogP contribution in [0.1, 0.15) is 46.0 Å². The number of carbonyl (C=O) groups is 3. The summed E-state index contributed by atoms with van der Waals surface area (Å²) in [7, 11) is 0. The molecule has 168 valence electrons. The van der Waals surface area contributed by atoms with Crippen molar-refractivity contribution >= 4 is 23.4 Å². The first-order chi connectivity index (χ1) is 15.3. The third-order valence-electron chi connectivity index (χ3n) is 5.98. The zero-order chi connectivity index (χ0) is 22.8. The van der Waals surface area contributed by atoms with Gasteiger partial charge in [-0.25, -0.2) is 4.39 Å². The molecule has 7 nitrogen and oxygen atoms in total. The fraction of sp³-hybridized carbons (Fsp3) is 0.375. The maximum Gasteiger partial charge on any atom is 0.263 e. The first-order valence-electron chi connectivity index (χ1n) is 10.8. The number of aliphatic hydroxyl groups is 1. The molecule has 0 aromatic heterocycles. The number of imide groups is 1. The number of carbonyl (C=O) groups excluding carboxylic acids is 3. The molecule has 1 saturated heterocycles. The molecular formula is C24H26FN3O4. The average molecular weight is 439 g/mol. The second kappa shape index (κ2) is 9.08. The van der Waals surface area contributed by atoms with E-state index in [-0.39, 0.29) is 36.7 Å². The number of benzene rings is 2. The van der Waals surface area contributed by atoms with Crippen LogP contribution < -0.4 is 10.2 Å². The van der Waals surface area contributed by atoms with Gasteiger partial charge in [0.15, 0.2) is 0 Å². The van der Waals surface area contributed by atoms with E-state index < -0.39 is 11.9 Å². The lowest BCUT2D eigenvalue weighted by atomic mass is 9.94. The Morgan fingerprint density at radius 2 is 1.88 bits per heavy atom. The van der Waals surface area contributed by atoms with Gasteiger partial charge in [0, 0.05) is 25.6 Å². The highest BCUT2D eigenvalue weighted by molar-refractivity contribution is 6.23. The molecule has 4 rings (SSSR count). The Morgan fingerprint density at radius 3 is 2.56 bits per heavy atom. The minimum atomic E-state index is -0.593. The molecule has 1 unspecified atom stereocenters. The number of aliphatic hydroxyl groups excluding tert-OH is 1. The quantitative estimate of drug-likeness (QED) is 0.675. The van der Waals surface area contributed by atoms with E-state index in [1.807, 2.05) is 11.0 Å². The largest absolute Gasteiger partial charge is 0.392 e. The molecule has 0 bridgehead atoms. The van der Waals surface area contributed by atoms with Gasteiger partial charge in [-0.05, 0) is 49.6 Å². The minimum absolute atomic E-state index is 0.00900. The van der Waals surface area contributed by atoms with Crippen molar-refractivity contribution in [3.05, 3.63) is 65.0 Å². The molecule has 2 N–H and O–H groups in total. The molecule has 0 aliphatic carbocycles. The Kier molecular flexibility index (Phi) is 6.23. The van der Waals surface area contributed by atoms with Crippen LogP contribution in [0.4, 0.5) is 10.1 Å². The minimum Gasteiger partial charge on any atom is -0.392 e. The monoisotopic (exact) mass is 439 g/mol. The second-order valence-corrected chi connectivity index (χ2v) is 8.38. The lowest BCUT2D eigenvalue weighted by Crippen LogP contribution is -2.42. The fourth-order valence-electron chi connectivity index (χ4n) is 4.32. The highest BCUT2D eigenvalue weighted by Crippen LogP contribution is 2.34. The van der Waals surface area contributed by atoms with E-state index in [1.54, 1.807) is 31.2 Å². The number of hydrogen-bond acceptors (Lipinski definition) is 5. The van der Waals surface area contributed by atoms with E-state index >= 15 is 0 Å². The first kappa shape index (κ1) is 22.0. The van der Waals surface area contributed by atoms with E-state index in [0.717, 1.165) is 4.90 Å². The molecule has 8 heteroatoms. The Balaban J connectivity index is 1.48. The van der Waals surface area contributed by atoms with Crippen LogP contribution in [0.3, 0.4) is 0 Å². The number of halogens is 1.